The summed E-state index contributed by atoms with van der Waals surface area (Å²) in [5.74, 6) is -0.0563. The van der Waals surface area contributed by atoms with Crippen LogP contribution in [0.25, 0.3) is 0 Å². The summed E-state index contributed by atoms with van der Waals surface area (Å²) in [6, 6.07) is 8.10. The van der Waals surface area contributed by atoms with E-state index >= 15 is 0 Å². The van der Waals surface area contributed by atoms with E-state index in [2.05, 4.69) is 34.3 Å². The topological polar surface area (TPSA) is 61.6 Å². The number of hydrogen-bond acceptors (Lipinski definition) is 4. The molecule has 1 amide bonds. The van der Waals surface area contributed by atoms with Crippen LogP contribution in [0.5, 0.6) is 0 Å². The number of carbonyl (C=O) groups is 1. The zero-order valence-corrected chi connectivity index (χ0v) is 12.6. The van der Waals surface area contributed by atoms with Crippen molar-refractivity contribution >= 4 is 11.6 Å². The molecule has 0 radical (unpaired) electrons. The second kappa shape index (κ2) is 5.75. The van der Waals surface area contributed by atoms with Crippen LogP contribution in [0.15, 0.2) is 24.3 Å². The third kappa shape index (κ3) is 3.61. The molecule has 1 aliphatic heterocycles. The van der Waals surface area contributed by atoms with E-state index in [9.17, 15) is 4.79 Å². The fraction of sp³-hybridized carbons (Fsp3) is 0.562. The van der Waals surface area contributed by atoms with Gasteiger partial charge in [-0.2, -0.15) is 0 Å². The van der Waals surface area contributed by atoms with Gasteiger partial charge < -0.3 is 16.0 Å². The average molecular weight is 288 g/mol. The molecule has 5 heteroatoms. The molecule has 1 saturated heterocycles. The van der Waals surface area contributed by atoms with Gasteiger partial charge in [0, 0.05) is 38.4 Å². The Morgan fingerprint density at radius 1 is 1.29 bits per heavy atom. The van der Waals surface area contributed by atoms with E-state index < -0.39 is 5.54 Å². The SMILES string of the molecule is CN1CCN(Cc2cccc(NC(=O)C3(N)CC3)c2)CC1. The summed E-state index contributed by atoms with van der Waals surface area (Å²) in [5, 5.41) is 2.94. The normalized spacial score (nSPS) is 22.0. The fourth-order valence-electron chi connectivity index (χ4n) is 2.63. The van der Waals surface area contributed by atoms with Crippen LogP contribution in [0.1, 0.15) is 18.4 Å². The van der Waals surface area contributed by atoms with E-state index in [1.807, 2.05) is 12.1 Å². The van der Waals surface area contributed by atoms with E-state index in [-0.39, 0.29) is 5.91 Å². The summed E-state index contributed by atoms with van der Waals surface area (Å²) in [7, 11) is 2.16. The molecule has 1 aromatic carbocycles. The van der Waals surface area contributed by atoms with Gasteiger partial charge in [-0.3, -0.25) is 9.69 Å². The van der Waals surface area contributed by atoms with Crippen molar-refractivity contribution in [2.45, 2.75) is 24.9 Å². The lowest BCUT2D eigenvalue weighted by Gasteiger charge is -2.32. The van der Waals surface area contributed by atoms with Crippen LogP contribution >= 0.6 is 0 Å². The molecule has 21 heavy (non-hydrogen) atoms. The number of benzene rings is 1. The number of nitrogens with one attached hydrogen (secondary N) is 1. The smallest absolute Gasteiger partial charge is 0.244 e. The molecule has 0 atom stereocenters. The Balaban J connectivity index is 1.59. The predicted molar refractivity (Wildman–Crippen MR) is 84.0 cm³/mol. The molecule has 3 rings (SSSR count). The van der Waals surface area contributed by atoms with Gasteiger partial charge in [0.25, 0.3) is 0 Å². The zero-order valence-electron chi connectivity index (χ0n) is 12.6. The molecule has 1 aliphatic carbocycles. The Labute approximate surface area is 126 Å². The monoisotopic (exact) mass is 288 g/mol. The maximum Gasteiger partial charge on any atom is 0.244 e. The van der Waals surface area contributed by atoms with Gasteiger partial charge in [-0.15, -0.1) is 0 Å². The van der Waals surface area contributed by atoms with Gasteiger partial charge >= 0.3 is 0 Å². The van der Waals surface area contributed by atoms with Crippen LogP contribution in [0, 0.1) is 0 Å². The Morgan fingerprint density at radius 3 is 2.67 bits per heavy atom. The Morgan fingerprint density at radius 2 is 2.00 bits per heavy atom. The van der Waals surface area contributed by atoms with Gasteiger partial charge in [0.2, 0.25) is 5.91 Å². The zero-order chi connectivity index (χ0) is 14.9. The second-order valence-corrected chi connectivity index (χ2v) is 6.39. The first-order valence-corrected chi connectivity index (χ1v) is 7.65. The third-order valence-corrected chi connectivity index (χ3v) is 4.43. The summed E-state index contributed by atoms with van der Waals surface area (Å²) in [4.78, 5) is 16.8. The van der Waals surface area contributed by atoms with E-state index in [0.29, 0.717) is 0 Å². The molecule has 114 valence electrons. The van der Waals surface area contributed by atoms with E-state index in [1.54, 1.807) is 0 Å². The highest BCUT2D eigenvalue weighted by Gasteiger charge is 2.45. The fourth-order valence-corrected chi connectivity index (χ4v) is 2.63. The van der Waals surface area contributed by atoms with Crippen LogP contribution in [0.4, 0.5) is 5.69 Å². The molecular formula is C16H24N4O. The van der Waals surface area contributed by atoms with Gasteiger partial charge in [0.05, 0.1) is 5.54 Å². The number of nitrogens with zero attached hydrogens (tertiary/aromatic N) is 2. The van der Waals surface area contributed by atoms with Gasteiger partial charge in [0.1, 0.15) is 0 Å². The molecule has 1 saturated carbocycles. The van der Waals surface area contributed by atoms with E-state index in [1.165, 1.54) is 5.56 Å². The van der Waals surface area contributed by atoms with Crippen LogP contribution in [-0.4, -0.2) is 54.5 Å². The summed E-state index contributed by atoms with van der Waals surface area (Å²) in [5.41, 5.74) is 7.38. The maximum absolute atomic E-state index is 12.0. The van der Waals surface area contributed by atoms with Crippen molar-refractivity contribution in [1.29, 1.82) is 0 Å². The molecule has 0 spiro atoms. The summed E-state index contributed by atoms with van der Waals surface area (Å²) >= 11 is 0. The highest BCUT2D eigenvalue weighted by atomic mass is 16.2. The summed E-state index contributed by atoms with van der Waals surface area (Å²) in [6.07, 6.45) is 1.58. The van der Waals surface area contributed by atoms with Crippen molar-refractivity contribution in [3.8, 4) is 0 Å². The molecule has 5 nitrogen and oxygen atoms in total. The number of amides is 1. The van der Waals surface area contributed by atoms with Crippen LogP contribution in [0.2, 0.25) is 0 Å². The predicted octanol–water partition coefficient (Wildman–Crippen LogP) is 0.864. The Bertz CT molecular complexity index is 519. The minimum atomic E-state index is -0.618. The number of carbonyl (C=O) groups excluding carboxylic acids is 1. The van der Waals surface area contributed by atoms with E-state index in [0.717, 1.165) is 51.3 Å². The second-order valence-electron chi connectivity index (χ2n) is 6.39. The van der Waals surface area contributed by atoms with E-state index in [4.69, 9.17) is 5.73 Å². The highest BCUT2D eigenvalue weighted by molar-refractivity contribution is 6.00. The van der Waals surface area contributed by atoms with Crippen LogP contribution in [0.3, 0.4) is 0 Å². The van der Waals surface area contributed by atoms with Crippen molar-refractivity contribution in [3.05, 3.63) is 29.8 Å². The number of anilines is 1. The maximum atomic E-state index is 12.0. The lowest BCUT2D eigenvalue weighted by Crippen LogP contribution is -2.43. The number of rotatable bonds is 4. The molecule has 1 heterocycles. The lowest BCUT2D eigenvalue weighted by molar-refractivity contribution is -0.118. The Hall–Kier alpha value is -1.43. The molecule has 2 aliphatic rings. The molecule has 0 unspecified atom stereocenters. The molecule has 3 N–H and O–H groups in total. The van der Waals surface area contributed by atoms with Crippen molar-refractivity contribution in [1.82, 2.24) is 9.80 Å². The number of hydrogen-bond donors (Lipinski definition) is 2. The van der Waals surface area contributed by atoms with Gasteiger partial charge in [-0.25, -0.2) is 0 Å². The molecule has 2 fully saturated rings. The number of nitrogens with two attached hydrogens (primary N) is 1. The third-order valence-electron chi connectivity index (χ3n) is 4.43. The number of likely N-dealkylation sites (N-methyl/N-ethyl adjacent to an activating group) is 1. The first-order chi connectivity index (χ1) is 10.0. The minimum Gasteiger partial charge on any atom is -0.324 e. The summed E-state index contributed by atoms with van der Waals surface area (Å²) < 4.78 is 0. The van der Waals surface area contributed by atoms with Crippen molar-refractivity contribution in [2.75, 3.05) is 38.5 Å². The highest BCUT2D eigenvalue weighted by Crippen LogP contribution is 2.33. The van der Waals surface area contributed by atoms with Gasteiger partial charge in [-0.1, -0.05) is 12.1 Å². The summed E-state index contributed by atoms with van der Waals surface area (Å²) in [6.45, 7) is 5.36. The molecule has 0 bridgehead atoms. The first-order valence-electron chi connectivity index (χ1n) is 7.65. The molecule has 1 aromatic rings. The molecular weight excluding hydrogens is 264 g/mol. The number of piperazine rings is 1. The largest absolute Gasteiger partial charge is 0.324 e. The first kappa shape index (κ1) is 14.5. The van der Waals surface area contributed by atoms with Gasteiger partial charge in [0.15, 0.2) is 0 Å². The molecule has 0 aromatic heterocycles. The standard InChI is InChI=1S/C16H24N4O/c1-19-7-9-20(10-8-19)12-13-3-2-4-14(11-13)18-15(21)16(17)5-6-16/h2-4,11H,5-10,12,17H2,1H3,(H,18,21). The van der Waals surface area contributed by atoms with Crippen LogP contribution < -0.4 is 11.1 Å². The average Bonchev–Trinajstić information content (AvgIpc) is 3.21. The van der Waals surface area contributed by atoms with Crippen molar-refractivity contribution < 1.29 is 4.79 Å². The van der Waals surface area contributed by atoms with Crippen molar-refractivity contribution in [2.24, 2.45) is 5.73 Å². The quantitative estimate of drug-likeness (QED) is 0.863. The van der Waals surface area contributed by atoms with Crippen molar-refractivity contribution in [3.63, 3.8) is 0 Å². The minimum absolute atomic E-state index is 0.0563. The van der Waals surface area contributed by atoms with Crippen LogP contribution in [-0.2, 0) is 11.3 Å². The van der Waals surface area contributed by atoms with Gasteiger partial charge in [-0.05, 0) is 37.6 Å². The Kier molecular flexibility index (Phi) is 3.97. The lowest BCUT2D eigenvalue weighted by atomic mass is 10.1.